The molecule has 2 saturated heterocycles. The number of amides is 3. The predicted molar refractivity (Wildman–Crippen MR) is 97.2 cm³/mol. The number of carbonyl (C=O) groups is 2. The lowest BCUT2D eigenvalue weighted by atomic mass is 10.1. The van der Waals surface area contributed by atoms with E-state index < -0.39 is 0 Å². The summed E-state index contributed by atoms with van der Waals surface area (Å²) in [6, 6.07) is 8.07. The molecular formula is C19H28N4O2. The molecule has 0 aromatic heterocycles. The molecule has 6 nitrogen and oxygen atoms in total. The van der Waals surface area contributed by atoms with Crippen molar-refractivity contribution in [1.82, 2.24) is 20.0 Å². The molecule has 136 valence electrons. The number of nitrogens with zero attached hydrogens (tertiary/aromatic N) is 3. The van der Waals surface area contributed by atoms with E-state index in [1.54, 1.807) is 0 Å². The first-order valence-electron chi connectivity index (χ1n) is 9.21. The number of likely N-dealkylation sites (tertiary alicyclic amines) is 1. The van der Waals surface area contributed by atoms with Crippen LogP contribution in [0.1, 0.15) is 24.0 Å². The van der Waals surface area contributed by atoms with Gasteiger partial charge < -0.3 is 15.1 Å². The van der Waals surface area contributed by atoms with Crippen LogP contribution in [0.15, 0.2) is 24.3 Å². The van der Waals surface area contributed by atoms with Crippen LogP contribution in [-0.2, 0) is 11.3 Å². The molecule has 2 heterocycles. The molecule has 1 aromatic rings. The maximum absolute atomic E-state index is 12.3. The quantitative estimate of drug-likeness (QED) is 0.899. The molecule has 25 heavy (non-hydrogen) atoms. The van der Waals surface area contributed by atoms with Gasteiger partial charge in [-0.15, -0.1) is 0 Å². The summed E-state index contributed by atoms with van der Waals surface area (Å²) in [5, 5.41) is 3.00. The SMILES string of the molecule is Cc1ccccc1CNC(=O)N1CCN(CC(=O)N2CCCC2)CC1. The highest BCUT2D eigenvalue weighted by molar-refractivity contribution is 5.78. The van der Waals surface area contributed by atoms with Crippen molar-refractivity contribution >= 4 is 11.9 Å². The van der Waals surface area contributed by atoms with E-state index >= 15 is 0 Å². The zero-order valence-electron chi connectivity index (χ0n) is 15.0. The molecule has 0 atom stereocenters. The Kier molecular flexibility index (Phi) is 5.91. The van der Waals surface area contributed by atoms with E-state index in [0.717, 1.165) is 44.6 Å². The number of aryl methyl sites for hydroxylation is 1. The van der Waals surface area contributed by atoms with Crippen LogP contribution >= 0.6 is 0 Å². The van der Waals surface area contributed by atoms with Gasteiger partial charge in [-0.05, 0) is 30.9 Å². The third kappa shape index (κ3) is 4.72. The van der Waals surface area contributed by atoms with Crippen molar-refractivity contribution in [2.45, 2.75) is 26.3 Å². The van der Waals surface area contributed by atoms with Crippen molar-refractivity contribution in [3.63, 3.8) is 0 Å². The first kappa shape index (κ1) is 17.7. The summed E-state index contributed by atoms with van der Waals surface area (Å²) in [5.41, 5.74) is 2.33. The van der Waals surface area contributed by atoms with Crippen LogP contribution in [0, 0.1) is 6.92 Å². The minimum atomic E-state index is -0.0197. The second kappa shape index (κ2) is 8.34. The van der Waals surface area contributed by atoms with Crippen LogP contribution < -0.4 is 5.32 Å². The Hall–Kier alpha value is -2.08. The number of rotatable bonds is 4. The van der Waals surface area contributed by atoms with Gasteiger partial charge in [0.25, 0.3) is 0 Å². The second-order valence-corrected chi connectivity index (χ2v) is 6.94. The maximum Gasteiger partial charge on any atom is 0.317 e. The van der Waals surface area contributed by atoms with Gasteiger partial charge in [0, 0.05) is 45.8 Å². The third-order valence-electron chi connectivity index (χ3n) is 5.17. The van der Waals surface area contributed by atoms with E-state index in [0.29, 0.717) is 26.2 Å². The van der Waals surface area contributed by atoms with Gasteiger partial charge in [-0.25, -0.2) is 4.79 Å². The standard InChI is InChI=1S/C19H28N4O2/c1-16-6-2-3-7-17(16)14-20-19(25)23-12-10-21(11-13-23)15-18(24)22-8-4-5-9-22/h2-3,6-7H,4-5,8-15H2,1H3,(H,20,25). The van der Waals surface area contributed by atoms with E-state index in [4.69, 9.17) is 0 Å². The summed E-state index contributed by atoms with van der Waals surface area (Å²) in [6.07, 6.45) is 2.25. The topological polar surface area (TPSA) is 55.9 Å². The van der Waals surface area contributed by atoms with Crippen molar-refractivity contribution in [2.75, 3.05) is 45.8 Å². The molecule has 3 amide bonds. The first-order valence-corrected chi connectivity index (χ1v) is 9.21. The molecule has 0 unspecified atom stereocenters. The highest BCUT2D eigenvalue weighted by Gasteiger charge is 2.25. The van der Waals surface area contributed by atoms with Gasteiger partial charge in [-0.3, -0.25) is 9.69 Å². The average Bonchev–Trinajstić information content (AvgIpc) is 3.16. The van der Waals surface area contributed by atoms with E-state index in [9.17, 15) is 9.59 Å². The molecule has 2 aliphatic heterocycles. The van der Waals surface area contributed by atoms with Crippen LogP contribution in [-0.4, -0.2) is 72.5 Å². The van der Waals surface area contributed by atoms with Crippen molar-refractivity contribution in [3.8, 4) is 0 Å². The molecule has 2 fully saturated rings. The fraction of sp³-hybridized carbons (Fsp3) is 0.579. The number of urea groups is 1. The Balaban J connectivity index is 1.40. The van der Waals surface area contributed by atoms with Crippen molar-refractivity contribution in [2.24, 2.45) is 0 Å². The van der Waals surface area contributed by atoms with Crippen LogP contribution in [0.3, 0.4) is 0 Å². The van der Waals surface area contributed by atoms with Crippen molar-refractivity contribution < 1.29 is 9.59 Å². The molecule has 1 aromatic carbocycles. The molecule has 3 rings (SSSR count). The third-order valence-corrected chi connectivity index (χ3v) is 5.17. The molecule has 0 saturated carbocycles. The minimum Gasteiger partial charge on any atom is -0.342 e. The van der Waals surface area contributed by atoms with Gasteiger partial charge in [-0.1, -0.05) is 24.3 Å². The van der Waals surface area contributed by atoms with Crippen LogP contribution in [0.4, 0.5) is 4.79 Å². The minimum absolute atomic E-state index is 0.0197. The molecule has 0 aliphatic carbocycles. The first-order chi connectivity index (χ1) is 12.1. The summed E-state index contributed by atoms with van der Waals surface area (Å²) < 4.78 is 0. The van der Waals surface area contributed by atoms with E-state index in [1.165, 1.54) is 5.56 Å². The molecule has 2 aliphatic rings. The Labute approximate surface area is 149 Å². The molecule has 6 heteroatoms. The molecule has 1 N–H and O–H groups in total. The van der Waals surface area contributed by atoms with Crippen LogP contribution in [0.5, 0.6) is 0 Å². The van der Waals surface area contributed by atoms with Gasteiger partial charge >= 0.3 is 6.03 Å². The summed E-state index contributed by atoms with van der Waals surface area (Å²) in [6.45, 7) is 7.77. The number of piperazine rings is 1. The molecular weight excluding hydrogens is 316 g/mol. The largest absolute Gasteiger partial charge is 0.342 e. The lowest BCUT2D eigenvalue weighted by molar-refractivity contribution is -0.131. The molecule has 0 spiro atoms. The molecule has 0 bridgehead atoms. The summed E-state index contributed by atoms with van der Waals surface area (Å²) >= 11 is 0. The zero-order valence-corrected chi connectivity index (χ0v) is 15.0. The Morgan fingerprint density at radius 2 is 1.64 bits per heavy atom. The normalized spacial score (nSPS) is 18.4. The number of hydrogen-bond donors (Lipinski definition) is 1. The van der Waals surface area contributed by atoms with Gasteiger partial charge in [0.1, 0.15) is 0 Å². The highest BCUT2D eigenvalue weighted by Crippen LogP contribution is 2.10. The highest BCUT2D eigenvalue weighted by atomic mass is 16.2. The summed E-state index contributed by atoms with van der Waals surface area (Å²) in [5.74, 6) is 0.231. The Bertz CT molecular complexity index is 605. The Morgan fingerprint density at radius 3 is 2.32 bits per heavy atom. The van der Waals surface area contributed by atoms with E-state index in [1.807, 2.05) is 28.0 Å². The average molecular weight is 344 g/mol. The fourth-order valence-corrected chi connectivity index (χ4v) is 3.46. The second-order valence-electron chi connectivity index (χ2n) is 6.94. The van der Waals surface area contributed by atoms with E-state index in [-0.39, 0.29) is 11.9 Å². The number of carbonyl (C=O) groups excluding carboxylic acids is 2. The lowest BCUT2D eigenvalue weighted by Gasteiger charge is -2.35. The number of hydrogen-bond acceptors (Lipinski definition) is 3. The van der Waals surface area contributed by atoms with Gasteiger partial charge in [0.05, 0.1) is 6.54 Å². The monoisotopic (exact) mass is 344 g/mol. The van der Waals surface area contributed by atoms with E-state index in [2.05, 4.69) is 23.2 Å². The number of nitrogens with one attached hydrogen (secondary N) is 1. The Morgan fingerprint density at radius 1 is 0.960 bits per heavy atom. The summed E-state index contributed by atoms with van der Waals surface area (Å²) in [4.78, 5) is 30.5. The smallest absolute Gasteiger partial charge is 0.317 e. The van der Waals surface area contributed by atoms with Crippen molar-refractivity contribution in [3.05, 3.63) is 35.4 Å². The fourth-order valence-electron chi connectivity index (χ4n) is 3.46. The van der Waals surface area contributed by atoms with Crippen LogP contribution in [0.25, 0.3) is 0 Å². The van der Waals surface area contributed by atoms with Gasteiger partial charge in [0.15, 0.2) is 0 Å². The molecule has 0 radical (unpaired) electrons. The maximum atomic E-state index is 12.3. The number of benzene rings is 1. The van der Waals surface area contributed by atoms with Gasteiger partial charge in [0.2, 0.25) is 5.91 Å². The van der Waals surface area contributed by atoms with Crippen LogP contribution in [0.2, 0.25) is 0 Å². The lowest BCUT2D eigenvalue weighted by Crippen LogP contribution is -2.53. The van der Waals surface area contributed by atoms with Gasteiger partial charge in [-0.2, -0.15) is 0 Å². The zero-order chi connectivity index (χ0) is 17.6. The predicted octanol–water partition coefficient (Wildman–Crippen LogP) is 1.44. The summed E-state index contributed by atoms with van der Waals surface area (Å²) in [7, 11) is 0. The van der Waals surface area contributed by atoms with Crippen molar-refractivity contribution in [1.29, 1.82) is 0 Å².